The molecule has 2 rings (SSSR count). The van der Waals surface area contributed by atoms with Crippen LogP contribution in [0.5, 0.6) is 0 Å². The van der Waals surface area contributed by atoms with Crippen LogP contribution in [0.3, 0.4) is 0 Å². The molecule has 1 fully saturated rings. The van der Waals surface area contributed by atoms with Crippen molar-refractivity contribution in [3.05, 3.63) is 11.7 Å². The van der Waals surface area contributed by atoms with Crippen molar-refractivity contribution in [1.82, 2.24) is 15.5 Å². The highest BCUT2D eigenvalue weighted by Gasteiger charge is 2.33. The fourth-order valence-corrected chi connectivity index (χ4v) is 3.69. The van der Waals surface area contributed by atoms with E-state index in [1.165, 1.54) is 0 Å². The highest BCUT2D eigenvalue weighted by Crippen LogP contribution is 2.33. The van der Waals surface area contributed by atoms with E-state index in [2.05, 4.69) is 29.3 Å². The van der Waals surface area contributed by atoms with E-state index in [0.29, 0.717) is 23.7 Å². The van der Waals surface area contributed by atoms with Crippen LogP contribution >= 0.6 is 11.8 Å². The summed E-state index contributed by atoms with van der Waals surface area (Å²) in [5.41, 5.74) is 0. The van der Waals surface area contributed by atoms with Gasteiger partial charge >= 0.3 is 0 Å². The van der Waals surface area contributed by atoms with Crippen LogP contribution in [0.4, 0.5) is 0 Å². The molecule has 1 saturated heterocycles. The summed E-state index contributed by atoms with van der Waals surface area (Å²) < 4.78 is 10.8. The third-order valence-corrected chi connectivity index (χ3v) is 4.53. The van der Waals surface area contributed by atoms with Gasteiger partial charge in [0.15, 0.2) is 0 Å². The zero-order valence-electron chi connectivity index (χ0n) is 11.3. The molecule has 5 nitrogen and oxygen atoms in total. The van der Waals surface area contributed by atoms with Crippen LogP contribution in [0.15, 0.2) is 4.52 Å². The van der Waals surface area contributed by atoms with Crippen LogP contribution in [0, 0.1) is 5.92 Å². The summed E-state index contributed by atoms with van der Waals surface area (Å²) in [6.45, 7) is 4.18. The van der Waals surface area contributed by atoms with Crippen LogP contribution in [-0.4, -0.2) is 41.8 Å². The van der Waals surface area contributed by atoms with Gasteiger partial charge in [-0.15, -0.1) is 0 Å². The smallest absolute Gasteiger partial charge is 0.232 e. The molecule has 1 aromatic heterocycles. The first-order valence-electron chi connectivity index (χ1n) is 6.28. The second-order valence-electron chi connectivity index (χ2n) is 4.93. The van der Waals surface area contributed by atoms with Crippen molar-refractivity contribution in [1.29, 1.82) is 0 Å². The minimum Gasteiger partial charge on any atom is -0.373 e. The summed E-state index contributed by atoms with van der Waals surface area (Å²) >= 11 is 1.92. The van der Waals surface area contributed by atoms with Gasteiger partial charge < -0.3 is 14.6 Å². The van der Waals surface area contributed by atoms with Crippen LogP contribution in [0.1, 0.15) is 37.6 Å². The normalized spacial score (nSPS) is 25.8. The first-order valence-corrected chi connectivity index (χ1v) is 7.44. The molecular formula is C12H21N3O2S. The molecular weight excluding hydrogens is 250 g/mol. The highest BCUT2D eigenvalue weighted by atomic mass is 32.2. The number of hydrogen-bond donors (Lipinski definition) is 1. The second kappa shape index (κ2) is 6.04. The van der Waals surface area contributed by atoms with E-state index in [1.807, 2.05) is 18.8 Å². The molecule has 2 heterocycles. The van der Waals surface area contributed by atoms with Gasteiger partial charge in [-0.05, 0) is 13.0 Å². The van der Waals surface area contributed by atoms with Gasteiger partial charge in [-0.1, -0.05) is 19.0 Å². The lowest BCUT2D eigenvalue weighted by atomic mass is 10.0. The van der Waals surface area contributed by atoms with E-state index in [-0.39, 0.29) is 6.10 Å². The molecule has 0 spiro atoms. The summed E-state index contributed by atoms with van der Waals surface area (Å²) in [7, 11) is 3.66. The minimum atomic E-state index is -0.0930. The maximum absolute atomic E-state index is 5.42. The van der Waals surface area contributed by atoms with Gasteiger partial charge in [0.1, 0.15) is 6.10 Å². The number of nitrogens with one attached hydrogen (secondary N) is 1. The molecule has 1 aromatic rings. The van der Waals surface area contributed by atoms with E-state index in [0.717, 1.165) is 17.4 Å². The fraction of sp³-hybridized carbons (Fsp3) is 0.833. The third-order valence-electron chi connectivity index (χ3n) is 3.34. The Hall–Kier alpha value is -0.590. The number of rotatable bonds is 5. The predicted octanol–water partition coefficient (Wildman–Crippen LogP) is 1.83. The molecule has 1 N–H and O–H groups in total. The largest absolute Gasteiger partial charge is 0.373 e. The van der Waals surface area contributed by atoms with Crippen molar-refractivity contribution in [2.45, 2.75) is 31.9 Å². The molecule has 0 aromatic carbocycles. The number of hydrogen-bond acceptors (Lipinski definition) is 6. The number of thioether (sulfide) groups is 1. The molecule has 0 radical (unpaired) electrons. The molecule has 1 aliphatic heterocycles. The van der Waals surface area contributed by atoms with Crippen LogP contribution in [-0.2, 0) is 4.74 Å². The maximum atomic E-state index is 5.42. The van der Waals surface area contributed by atoms with Crippen LogP contribution in [0.2, 0.25) is 0 Å². The molecule has 18 heavy (non-hydrogen) atoms. The molecule has 3 atom stereocenters. The Morgan fingerprint density at radius 1 is 1.44 bits per heavy atom. The quantitative estimate of drug-likeness (QED) is 0.881. The molecule has 3 unspecified atom stereocenters. The highest BCUT2D eigenvalue weighted by molar-refractivity contribution is 7.99. The standard InChI is InChI=1S/C12H21N3O2S/c1-7(2)10(16-4)11-14-12(17-15-11)8-5-18-6-9(8)13-3/h7-10,13H,5-6H2,1-4H3. The SMILES string of the molecule is CNC1CSCC1c1nc(C(OC)C(C)C)no1. The zero-order chi connectivity index (χ0) is 13.1. The molecule has 0 amide bonds. The molecule has 102 valence electrons. The topological polar surface area (TPSA) is 60.2 Å². The number of methoxy groups -OCH3 is 1. The lowest BCUT2D eigenvalue weighted by Crippen LogP contribution is -2.31. The fourth-order valence-electron chi connectivity index (χ4n) is 2.27. The van der Waals surface area contributed by atoms with Crippen molar-refractivity contribution in [3.8, 4) is 0 Å². The first kappa shape index (κ1) is 13.8. The molecule has 0 aliphatic carbocycles. The Morgan fingerprint density at radius 3 is 2.83 bits per heavy atom. The van der Waals surface area contributed by atoms with Gasteiger partial charge in [-0.3, -0.25) is 0 Å². The van der Waals surface area contributed by atoms with Crippen molar-refractivity contribution in [2.24, 2.45) is 5.92 Å². The van der Waals surface area contributed by atoms with E-state index in [1.54, 1.807) is 7.11 Å². The number of likely N-dealkylation sites (N-methyl/N-ethyl adjacent to an activating group) is 1. The van der Waals surface area contributed by atoms with E-state index in [4.69, 9.17) is 9.26 Å². The lowest BCUT2D eigenvalue weighted by molar-refractivity contribution is 0.0555. The zero-order valence-corrected chi connectivity index (χ0v) is 12.2. The van der Waals surface area contributed by atoms with Gasteiger partial charge in [0.2, 0.25) is 11.7 Å². The Morgan fingerprint density at radius 2 is 2.22 bits per heavy atom. The Labute approximate surface area is 112 Å². The van der Waals surface area contributed by atoms with E-state index < -0.39 is 0 Å². The monoisotopic (exact) mass is 271 g/mol. The number of ether oxygens (including phenoxy) is 1. The van der Waals surface area contributed by atoms with Crippen molar-refractivity contribution < 1.29 is 9.26 Å². The van der Waals surface area contributed by atoms with Gasteiger partial charge in [0, 0.05) is 24.7 Å². The van der Waals surface area contributed by atoms with Gasteiger partial charge in [-0.2, -0.15) is 16.7 Å². The lowest BCUT2D eigenvalue weighted by Gasteiger charge is -2.15. The molecule has 1 aliphatic rings. The molecule has 0 bridgehead atoms. The van der Waals surface area contributed by atoms with Gasteiger partial charge in [-0.25, -0.2) is 0 Å². The van der Waals surface area contributed by atoms with E-state index >= 15 is 0 Å². The average Bonchev–Trinajstić information content (AvgIpc) is 2.96. The second-order valence-corrected chi connectivity index (χ2v) is 6.01. The van der Waals surface area contributed by atoms with Crippen molar-refractivity contribution in [3.63, 3.8) is 0 Å². The summed E-state index contributed by atoms with van der Waals surface area (Å²) in [5, 5.41) is 7.38. The summed E-state index contributed by atoms with van der Waals surface area (Å²) in [6, 6.07) is 0.420. The Balaban J connectivity index is 2.14. The summed E-state index contributed by atoms with van der Waals surface area (Å²) in [4.78, 5) is 4.53. The Kier molecular flexibility index (Phi) is 4.64. The summed E-state index contributed by atoms with van der Waals surface area (Å²) in [6.07, 6.45) is -0.0930. The van der Waals surface area contributed by atoms with Gasteiger partial charge in [0.25, 0.3) is 0 Å². The molecule has 0 saturated carbocycles. The summed E-state index contributed by atoms with van der Waals surface area (Å²) in [5.74, 6) is 4.17. The first-order chi connectivity index (χ1) is 8.67. The van der Waals surface area contributed by atoms with Gasteiger partial charge in [0.05, 0.1) is 5.92 Å². The Bertz CT molecular complexity index is 383. The number of nitrogens with zero attached hydrogens (tertiary/aromatic N) is 2. The van der Waals surface area contributed by atoms with Crippen LogP contribution < -0.4 is 5.32 Å². The maximum Gasteiger partial charge on any atom is 0.232 e. The van der Waals surface area contributed by atoms with Crippen molar-refractivity contribution >= 4 is 11.8 Å². The third kappa shape index (κ3) is 2.70. The number of aromatic nitrogens is 2. The van der Waals surface area contributed by atoms with E-state index in [9.17, 15) is 0 Å². The predicted molar refractivity (Wildman–Crippen MR) is 71.8 cm³/mol. The molecule has 6 heteroatoms. The van der Waals surface area contributed by atoms with Crippen LogP contribution in [0.25, 0.3) is 0 Å². The van der Waals surface area contributed by atoms with Crippen molar-refractivity contribution in [2.75, 3.05) is 25.7 Å². The minimum absolute atomic E-state index is 0.0930. The average molecular weight is 271 g/mol.